The first-order valence-electron chi connectivity index (χ1n) is 7.96. The quantitative estimate of drug-likeness (QED) is 0.778. The third-order valence-corrected chi connectivity index (χ3v) is 5.65. The molecule has 0 spiro atoms. The minimum Gasteiger partial charge on any atom is -0.352 e. The van der Waals surface area contributed by atoms with E-state index in [9.17, 15) is 18.0 Å². The SMILES string of the molecule is CC(C)NC(=O)CNC(=O)[C@H]1CCCN1S(=O)(=O)c1ccccc1. The van der Waals surface area contributed by atoms with Crippen LogP contribution in [0.5, 0.6) is 0 Å². The van der Waals surface area contributed by atoms with E-state index in [1.807, 2.05) is 13.8 Å². The van der Waals surface area contributed by atoms with Gasteiger partial charge in [-0.15, -0.1) is 0 Å². The molecular formula is C16H23N3O4S. The molecule has 1 aromatic carbocycles. The second-order valence-corrected chi connectivity index (χ2v) is 7.92. The normalized spacial score (nSPS) is 18.5. The van der Waals surface area contributed by atoms with Crippen molar-refractivity contribution in [2.24, 2.45) is 0 Å². The van der Waals surface area contributed by atoms with Crippen molar-refractivity contribution in [1.29, 1.82) is 0 Å². The van der Waals surface area contributed by atoms with E-state index >= 15 is 0 Å². The van der Waals surface area contributed by atoms with Crippen LogP contribution in [0.15, 0.2) is 35.2 Å². The Kier molecular flexibility index (Phi) is 5.95. The van der Waals surface area contributed by atoms with Crippen LogP contribution in [-0.2, 0) is 19.6 Å². The van der Waals surface area contributed by atoms with Crippen LogP contribution in [0.3, 0.4) is 0 Å². The minimum absolute atomic E-state index is 0.0177. The number of amides is 2. The fourth-order valence-corrected chi connectivity index (χ4v) is 4.35. The van der Waals surface area contributed by atoms with Crippen LogP contribution >= 0.6 is 0 Å². The molecular weight excluding hydrogens is 330 g/mol. The average molecular weight is 353 g/mol. The van der Waals surface area contributed by atoms with Crippen molar-refractivity contribution in [1.82, 2.24) is 14.9 Å². The summed E-state index contributed by atoms with van der Waals surface area (Å²) in [6.07, 6.45) is 1.06. The highest BCUT2D eigenvalue weighted by Gasteiger charge is 2.39. The molecule has 0 unspecified atom stereocenters. The molecule has 2 amide bonds. The summed E-state index contributed by atoms with van der Waals surface area (Å²) in [5.41, 5.74) is 0. The fourth-order valence-electron chi connectivity index (χ4n) is 2.68. The summed E-state index contributed by atoms with van der Waals surface area (Å²) in [5.74, 6) is -0.736. The average Bonchev–Trinajstić information content (AvgIpc) is 3.03. The second-order valence-electron chi connectivity index (χ2n) is 6.03. The van der Waals surface area contributed by atoms with Crippen molar-refractivity contribution in [2.45, 2.75) is 43.7 Å². The van der Waals surface area contributed by atoms with Crippen molar-refractivity contribution < 1.29 is 18.0 Å². The summed E-state index contributed by atoms with van der Waals surface area (Å²) in [6, 6.07) is 7.26. The Balaban J connectivity index is 2.05. The first-order valence-corrected chi connectivity index (χ1v) is 9.40. The molecule has 8 heteroatoms. The third-order valence-electron chi connectivity index (χ3n) is 3.73. The number of benzene rings is 1. The van der Waals surface area contributed by atoms with Crippen LogP contribution in [0.2, 0.25) is 0 Å². The van der Waals surface area contributed by atoms with Gasteiger partial charge in [0.2, 0.25) is 21.8 Å². The molecule has 1 fully saturated rings. The molecule has 1 aromatic rings. The van der Waals surface area contributed by atoms with Gasteiger partial charge in [-0.2, -0.15) is 4.31 Å². The lowest BCUT2D eigenvalue weighted by Gasteiger charge is -2.23. The summed E-state index contributed by atoms with van der Waals surface area (Å²) < 4.78 is 26.6. The highest BCUT2D eigenvalue weighted by atomic mass is 32.2. The van der Waals surface area contributed by atoms with Crippen LogP contribution in [0.25, 0.3) is 0 Å². The number of carbonyl (C=O) groups excluding carboxylic acids is 2. The number of rotatable bonds is 6. The lowest BCUT2D eigenvalue weighted by molar-refractivity contribution is -0.128. The third kappa shape index (κ3) is 4.33. The number of hydrogen-bond acceptors (Lipinski definition) is 4. The molecule has 0 aromatic heterocycles. The van der Waals surface area contributed by atoms with Crippen molar-refractivity contribution in [3.05, 3.63) is 30.3 Å². The number of nitrogens with one attached hydrogen (secondary N) is 2. The molecule has 1 aliphatic heterocycles. The zero-order valence-corrected chi connectivity index (χ0v) is 14.7. The Bertz CT molecular complexity index is 689. The van der Waals surface area contributed by atoms with Crippen LogP contribution in [0.4, 0.5) is 0 Å². The Morgan fingerprint density at radius 3 is 2.54 bits per heavy atom. The molecule has 1 atom stereocenters. The summed E-state index contributed by atoms with van der Waals surface area (Å²) in [7, 11) is -3.72. The number of nitrogens with zero attached hydrogens (tertiary/aromatic N) is 1. The lowest BCUT2D eigenvalue weighted by atomic mass is 10.2. The monoisotopic (exact) mass is 353 g/mol. The predicted molar refractivity (Wildman–Crippen MR) is 89.6 cm³/mol. The summed E-state index contributed by atoms with van der Waals surface area (Å²) in [4.78, 5) is 24.1. The first kappa shape index (κ1) is 18.4. The molecule has 7 nitrogen and oxygen atoms in total. The maximum absolute atomic E-state index is 12.7. The van der Waals surface area contributed by atoms with Gasteiger partial charge in [0.15, 0.2) is 0 Å². The number of hydrogen-bond donors (Lipinski definition) is 2. The molecule has 2 N–H and O–H groups in total. The molecule has 0 bridgehead atoms. The van der Waals surface area contributed by atoms with Gasteiger partial charge < -0.3 is 10.6 Å². The predicted octanol–water partition coefficient (Wildman–Crippen LogP) is 0.481. The van der Waals surface area contributed by atoms with E-state index in [-0.39, 0.29) is 23.4 Å². The van der Waals surface area contributed by atoms with Gasteiger partial charge in [0, 0.05) is 12.6 Å². The highest BCUT2D eigenvalue weighted by Crippen LogP contribution is 2.25. The Morgan fingerprint density at radius 2 is 1.92 bits per heavy atom. The molecule has 0 aliphatic carbocycles. The van der Waals surface area contributed by atoms with Crippen molar-refractivity contribution in [3.63, 3.8) is 0 Å². The fraction of sp³-hybridized carbons (Fsp3) is 0.500. The largest absolute Gasteiger partial charge is 0.352 e. The van der Waals surface area contributed by atoms with E-state index in [4.69, 9.17) is 0 Å². The van der Waals surface area contributed by atoms with Crippen LogP contribution in [0, 0.1) is 0 Å². The molecule has 0 saturated carbocycles. The smallest absolute Gasteiger partial charge is 0.243 e. The van der Waals surface area contributed by atoms with Gasteiger partial charge in [-0.1, -0.05) is 18.2 Å². The van der Waals surface area contributed by atoms with Crippen molar-refractivity contribution in [2.75, 3.05) is 13.1 Å². The topological polar surface area (TPSA) is 95.6 Å². The zero-order valence-electron chi connectivity index (χ0n) is 13.9. The molecule has 132 valence electrons. The molecule has 0 radical (unpaired) electrons. The van der Waals surface area contributed by atoms with Crippen LogP contribution < -0.4 is 10.6 Å². The van der Waals surface area contributed by atoms with E-state index in [1.54, 1.807) is 18.2 Å². The van der Waals surface area contributed by atoms with E-state index in [0.717, 1.165) is 0 Å². The summed E-state index contributed by atoms with van der Waals surface area (Å²) in [6.45, 7) is 3.79. The van der Waals surface area contributed by atoms with Crippen LogP contribution in [-0.4, -0.2) is 49.7 Å². The van der Waals surface area contributed by atoms with Crippen LogP contribution in [0.1, 0.15) is 26.7 Å². The zero-order chi connectivity index (χ0) is 17.7. The summed E-state index contributed by atoms with van der Waals surface area (Å²) in [5, 5.41) is 5.20. The number of sulfonamides is 1. The maximum Gasteiger partial charge on any atom is 0.243 e. The second kappa shape index (κ2) is 7.76. The molecule has 1 saturated heterocycles. The van der Waals surface area contributed by atoms with Gasteiger partial charge >= 0.3 is 0 Å². The Labute approximate surface area is 142 Å². The summed E-state index contributed by atoms with van der Waals surface area (Å²) >= 11 is 0. The Morgan fingerprint density at radius 1 is 1.25 bits per heavy atom. The van der Waals surface area contributed by atoms with Crippen molar-refractivity contribution >= 4 is 21.8 Å². The molecule has 2 rings (SSSR count). The van der Waals surface area contributed by atoms with E-state index in [1.165, 1.54) is 16.4 Å². The number of carbonyl (C=O) groups is 2. The van der Waals surface area contributed by atoms with E-state index < -0.39 is 22.0 Å². The van der Waals surface area contributed by atoms with E-state index in [2.05, 4.69) is 10.6 Å². The van der Waals surface area contributed by atoms with E-state index in [0.29, 0.717) is 19.4 Å². The molecule has 1 heterocycles. The first-order chi connectivity index (χ1) is 11.3. The van der Waals surface area contributed by atoms with Gasteiger partial charge in [0.25, 0.3) is 0 Å². The standard InChI is InChI=1S/C16H23N3O4S/c1-12(2)18-15(20)11-17-16(21)14-9-6-10-19(14)24(22,23)13-7-4-3-5-8-13/h3-5,7-8,12,14H,6,9-11H2,1-2H3,(H,17,21)(H,18,20)/t14-/m1/s1. The molecule has 1 aliphatic rings. The molecule has 24 heavy (non-hydrogen) atoms. The Hall–Kier alpha value is -1.93. The lowest BCUT2D eigenvalue weighted by Crippen LogP contribution is -2.48. The van der Waals surface area contributed by atoms with Gasteiger partial charge in [-0.25, -0.2) is 8.42 Å². The van der Waals surface area contributed by atoms with Gasteiger partial charge in [-0.3, -0.25) is 9.59 Å². The van der Waals surface area contributed by atoms with Gasteiger partial charge in [-0.05, 0) is 38.8 Å². The highest BCUT2D eigenvalue weighted by molar-refractivity contribution is 7.89. The van der Waals surface area contributed by atoms with Gasteiger partial charge in [0.1, 0.15) is 6.04 Å². The minimum atomic E-state index is -3.72. The van der Waals surface area contributed by atoms with Crippen molar-refractivity contribution in [3.8, 4) is 0 Å². The maximum atomic E-state index is 12.7. The van der Waals surface area contributed by atoms with Gasteiger partial charge in [0.05, 0.1) is 11.4 Å².